The largest absolute Gasteiger partial charge is 0.326 e. The van der Waals surface area contributed by atoms with Gasteiger partial charge in [-0.25, -0.2) is 8.42 Å². The third-order valence-corrected chi connectivity index (χ3v) is 6.07. The van der Waals surface area contributed by atoms with Crippen molar-refractivity contribution in [1.82, 2.24) is 4.31 Å². The number of sulfonamides is 1. The van der Waals surface area contributed by atoms with Gasteiger partial charge in [0.2, 0.25) is 15.9 Å². The molecule has 0 atom stereocenters. The first-order valence-corrected chi connectivity index (χ1v) is 10.2. The molecule has 1 N–H and O–H groups in total. The van der Waals surface area contributed by atoms with Crippen molar-refractivity contribution in [2.45, 2.75) is 38.1 Å². The number of amides is 1. The smallest absolute Gasteiger partial charge is 0.243 e. The summed E-state index contributed by atoms with van der Waals surface area (Å²) in [7, 11) is -3.62. The summed E-state index contributed by atoms with van der Waals surface area (Å²) in [6.45, 7) is 4.26. The second-order valence-corrected chi connectivity index (χ2v) is 8.25. The molecule has 0 saturated carbocycles. The summed E-state index contributed by atoms with van der Waals surface area (Å²) in [5, 5.41) is 6.53. The lowest BCUT2D eigenvalue weighted by atomic mass is 10.3. The molecule has 1 aromatic carbocycles. The van der Waals surface area contributed by atoms with Crippen molar-refractivity contribution in [1.29, 1.82) is 0 Å². The minimum Gasteiger partial charge on any atom is -0.326 e. The maximum atomic E-state index is 13.0. The van der Waals surface area contributed by atoms with Crippen LogP contribution in [0.2, 0.25) is 0 Å². The molecule has 130 valence electrons. The second kappa shape index (κ2) is 8.41. The van der Waals surface area contributed by atoms with Crippen LogP contribution in [-0.4, -0.2) is 25.2 Å². The Hall–Kier alpha value is -1.70. The first-order chi connectivity index (χ1) is 11.4. The van der Waals surface area contributed by atoms with Crippen molar-refractivity contribution in [3.8, 4) is 0 Å². The molecule has 0 aliphatic rings. The zero-order chi connectivity index (χ0) is 17.6. The van der Waals surface area contributed by atoms with E-state index in [0.29, 0.717) is 18.8 Å². The molecule has 0 radical (unpaired) electrons. The van der Waals surface area contributed by atoms with E-state index in [4.69, 9.17) is 0 Å². The quantitative estimate of drug-likeness (QED) is 0.775. The normalized spacial score (nSPS) is 11.6. The number of rotatable bonds is 8. The Labute approximate surface area is 147 Å². The number of anilines is 1. The molecule has 2 rings (SSSR count). The highest BCUT2D eigenvalue weighted by molar-refractivity contribution is 7.89. The van der Waals surface area contributed by atoms with Gasteiger partial charge in [-0.05, 0) is 47.0 Å². The van der Waals surface area contributed by atoms with Crippen molar-refractivity contribution in [3.05, 3.63) is 46.7 Å². The number of nitrogens with zero attached hydrogens (tertiary/aromatic N) is 1. The Kier molecular flexibility index (Phi) is 6.53. The van der Waals surface area contributed by atoms with Crippen molar-refractivity contribution < 1.29 is 13.2 Å². The van der Waals surface area contributed by atoms with Crippen LogP contribution in [0.3, 0.4) is 0 Å². The fourth-order valence-corrected chi connectivity index (χ4v) is 4.46. The molecule has 1 heterocycles. The van der Waals surface area contributed by atoms with Crippen molar-refractivity contribution >= 4 is 33.0 Å². The molecule has 0 aliphatic heterocycles. The summed E-state index contributed by atoms with van der Waals surface area (Å²) in [6, 6.07) is 8.32. The molecule has 0 spiro atoms. The highest BCUT2D eigenvalue weighted by Gasteiger charge is 2.24. The topological polar surface area (TPSA) is 66.5 Å². The first-order valence-electron chi connectivity index (χ1n) is 7.82. The number of thiophene rings is 1. The van der Waals surface area contributed by atoms with Gasteiger partial charge in [0.25, 0.3) is 0 Å². The van der Waals surface area contributed by atoms with Gasteiger partial charge in [-0.1, -0.05) is 19.4 Å². The van der Waals surface area contributed by atoms with Crippen LogP contribution in [0.5, 0.6) is 0 Å². The SMILES string of the molecule is CCCCN(Cc1ccsc1)S(=O)(=O)c1cccc(NC(C)=O)c1. The second-order valence-electron chi connectivity index (χ2n) is 5.53. The number of carbonyl (C=O) groups is 1. The third-order valence-electron chi connectivity index (χ3n) is 3.49. The van der Waals surface area contributed by atoms with Crippen LogP contribution in [0.25, 0.3) is 0 Å². The molecule has 0 unspecified atom stereocenters. The molecule has 0 bridgehead atoms. The molecule has 1 amide bonds. The van der Waals surface area contributed by atoms with Crippen LogP contribution in [0.1, 0.15) is 32.3 Å². The fraction of sp³-hybridized carbons (Fsp3) is 0.353. The molecule has 2 aromatic rings. The van der Waals surface area contributed by atoms with E-state index in [0.717, 1.165) is 18.4 Å². The Morgan fingerprint density at radius 1 is 1.29 bits per heavy atom. The van der Waals surface area contributed by atoms with Gasteiger partial charge in [-0.3, -0.25) is 4.79 Å². The van der Waals surface area contributed by atoms with Gasteiger partial charge in [-0.15, -0.1) is 0 Å². The Bertz CT molecular complexity index is 771. The van der Waals surface area contributed by atoms with Crippen LogP contribution in [0, 0.1) is 0 Å². The van der Waals surface area contributed by atoms with E-state index >= 15 is 0 Å². The summed E-state index contributed by atoms with van der Waals surface area (Å²) >= 11 is 1.55. The summed E-state index contributed by atoms with van der Waals surface area (Å²) in [4.78, 5) is 11.4. The minimum absolute atomic E-state index is 0.195. The highest BCUT2D eigenvalue weighted by atomic mass is 32.2. The summed E-state index contributed by atoms with van der Waals surface area (Å²) in [5.74, 6) is -0.231. The van der Waals surface area contributed by atoms with Gasteiger partial charge < -0.3 is 5.32 Å². The first kappa shape index (κ1) is 18.6. The van der Waals surface area contributed by atoms with E-state index in [1.807, 2.05) is 23.8 Å². The number of carbonyl (C=O) groups excluding carboxylic acids is 1. The molecular formula is C17H22N2O3S2. The van der Waals surface area contributed by atoms with Gasteiger partial charge in [0.1, 0.15) is 0 Å². The molecule has 24 heavy (non-hydrogen) atoms. The predicted molar refractivity (Wildman–Crippen MR) is 97.6 cm³/mol. The third kappa shape index (κ3) is 4.90. The fourth-order valence-electron chi connectivity index (χ4n) is 2.29. The average molecular weight is 367 g/mol. The van der Waals surface area contributed by atoms with Gasteiger partial charge >= 0.3 is 0 Å². The molecular weight excluding hydrogens is 344 g/mol. The van der Waals surface area contributed by atoms with Gasteiger partial charge in [0.05, 0.1) is 4.90 Å². The maximum absolute atomic E-state index is 13.0. The summed E-state index contributed by atoms with van der Waals surface area (Å²) in [5.41, 5.74) is 1.47. The monoisotopic (exact) mass is 366 g/mol. The molecule has 0 saturated heterocycles. The van der Waals surface area contributed by atoms with E-state index in [1.54, 1.807) is 29.5 Å². The zero-order valence-electron chi connectivity index (χ0n) is 13.9. The van der Waals surface area contributed by atoms with Crippen LogP contribution in [0.15, 0.2) is 46.0 Å². The number of hydrogen-bond acceptors (Lipinski definition) is 4. The van der Waals surface area contributed by atoms with Gasteiger partial charge in [0.15, 0.2) is 0 Å². The molecule has 0 aliphatic carbocycles. The van der Waals surface area contributed by atoms with E-state index in [9.17, 15) is 13.2 Å². The van der Waals surface area contributed by atoms with Crippen LogP contribution < -0.4 is 5.32 Å². The van der Waals surface area contributed by atoms with Crippen LogP contribution in [-0.2, 0) is 21.4 Å². The highest BCUT2D eigenvalue weighted by Crippen LogP contribution is 2.22. The molecule has 0 fully saturated rings. The Balaban J connectivity index is 2.30. The number of hydrogen-bond donors (Lipinski definition) is 1. The van der Waals surface area contributed by atoms with E-state index in [1.165, 1.54) is 17.3 Å². The van der Waals surface area contributed by atoms with Gasteiger partial charge in [-0.2, -0.15) is 15.6 Å². The lowest BCUT2D eigenvalue weighted by Gasteiger charge is -2.22. The molecule has 7 heteroatoms. The number of benzene rings is 1. The Morgan fingerprint density at radius 3 is 2.71 bits per heavy atom. The van der Waals surface area contributed by atoms with Crippen LogP contribution in [0.4, 0.5) is 5.69 Å². The van der Waals surface area contributed by atoms with E-state index in [-0.39, 0.29) is 10.8 Å². The lowest BCUT2D eigenvalue weighted by Crippen LogP contribution is -2.31. The molecule has 1 aromatic heterocycles. The minimum atomic E-state index is -3.62. The van der Waals surface area contributed by atoms with Gasteiger partial charge in [0, 0.05) is 25.7 Å². The standard InChI is InChI=1S/C17H22N2O3S2/c1-3-4-9-19(12-15-8-10-23-13-15)24(21,22)17-7-5-6-16(11-17)18-14(2)20/h5-8,10-11,13H,3-4,9,12H2,1-2H3,(H,18,20). The summed E-state index contributed by atoms with van der Waals surface area (Å²) in [6.07, 6.45) is 1.72. The predicted octanol–water partition coefficient (Wildman–Crippen LogP) is 3.70. The maximum Gasteiger partial charge on any atom is 0.243 e. The van der Waals surface area contributed by atoms with Crippen LogP contribution >= 0.6 is 11.3 Å². The van der Waals surface area contributed by atoms with Crippen molar-refractivity contribution in [3.63, 3.8) is 0 Å². The zero-order valence-corrected chi connectivity index (χ0v) is 15.5. The van der Waals surface area contributed by atoms with Crippen molar-refractivity contribution in [2.24, 2.45) is 0 Å². The summed E-state index contributed by atoms with van der Waals surface area (Å²) < 4.78 is 27.5. The number of unbranched alkanes of at least 4 members (excludes halogenated alkanes) is 1. The number of nitrogens with one attached hydrogen (secondary N) is 1. The molecule has 5 nitrogen and oxygen atoms in total. The average Bonchev–Trinajstić information content (AvgIpc) is 3.04. The van der Waals surface area contributed by atoms with E-state index < -0.39 is 10.0 Å². The van der Waals surface area contributed by atoms with Crippen molar-refractivity contribution in [2.75, 3.05) is 11.9 Å². The Morgan fingerprint density at radius 2 is 2.08 bits per heavy atom. The van der Waals surface area contributed by atoms with E-state index in [2.05, 4.69) is 5.32 Å². The lowest BCUT2D eigenvalue weighted by molar-refractivity contribution is -0.114.